The van der Waals surface area contributed by atoms with E-state index < -0.39 is 24.7 Å². The normalized spacial score (nSPS) is 11.4. The molecule has 144 valence electrons. The van der Waals surface area contributed by atoms with Crippen molar-refractivity contribution < 1.29 is 31.8 Å². The number of alkyl halides is 4. The molecule has 11 heteroatoms. The zero-order valence-corrected chi connectivity index (χ0v) is 14.6. The number of hydrogen-bond acceptors (Lipinski definition) is 6. The third-order valence-electron chi connectivity index (χ3n) is 3.34. The number of H-pyrrole nitrogens is 1. The lowest BCUT2D eigenvalue weighted by atomic mass is 10.3. The second kappa shape index (κ2) is 8.33. The average molecular weight is 403 g/mol. The lowest BCUT2D eigenvalue weighted by Gasteiger charge is -2.11. The summed E-state index contributed by atoms with van der Waals surface area (Å²) in [4.78, 5) is 11.4. The molecule has 0 fully saturated rings. The average Bonchev–Trinajstić information content (AvgIpc) is 3.01. The number of benzene rings is 1. The van der Waals surface area contributed by atoms with Crippen LogP contribution in [-0.2, 0) is 5.75 Å². The number of aromatic amines is 1. The molecule has 0 unspecified atom stereocenters. The number of halogens is 4. The van der Waals surface area contributed by atoms with Crippen LogP contribution in [0.3, 0.4) is 0 Å². The van der Waals surface area contributed by atoms with Gasteiger partial charge in [-0.2, -0.15) is 17.6 Å². The van der Waals surface area contributed by atoms with Crippen molar-refractivity contribution in [2.75, 3.05) is 7.11 Å². The van der Waals surface area contributed by atoms with E-state index in [-0.39, 0.29) is 5.52 Å². The van der Waals surface area contributed by atoms with E-state index in [4.69, 9.17) is 4.74 Å². The molecule has 0 saturated carbocycles. The fourth-order valence-electron chi connectivity index (χ4n) is 2.24. The third-order valence-corrected chi connectivity index (χ3v) is 4.25. The minimum absolute atomic E-state index is 0.272. The molecule has 0 radical (unpaired) electrons. The third kappa shape index (κ3) is 4.94. The molecule has 2 heterocycles. The summed E-state index contributed by atoms with van der Waals surface area (Å²) in [6, 6.07) is 5.73. The fourth-order valence-corrected chi connectivity index (χ4v) is 3.03. The maximum absolute atomic E-state index is 12.5. The second-order valence-corrected chi connectivity index (χ2v) is 6.05. The van der Waals surface area contributed by atoms with Gasteiger partial charge >= 0.3 is 13.2 Å². The molecule has 0 aliphatic rings. The number of aromatic nitrogens is 3. The van der Waals surface area contributed by atoms with E-state index in [1.54, 1.807) is 25.4 Å². The van der Waals surface area contributed by atoms with Gasteiger partial charge in [-0.3, -0.25) is 4.98 Å². The number of thioether (sulfide) groups is 1. The predicted octanol–water partition coefficient (Wildman–Crippen LogP) is 4.46. The Morgan fingerprint density at radius 2 is 1.78 bits per heavy atom. The SMILES string of the molecule is COc1ccnc(CSc2nc3cc(OC(F)F)c(OC(F)F)cc3[nH]2)c1. The molecule has 3 aromatic rings. The van der Waals surface area contributed by atoms with Crippen LogP contribution in [0.15, 0.2) is 35.6 Å². The van der Waals surface area contributed by atoms with Crippen LogP contribution in [0.1, 0.15) is 5.69 Å². The molecule has 2 aromatic heterocycles. The van der Waals surface area contributed by atoms with Crippen molar-refractivity contribution in [2.24, 2.45) is 0 Å². The first-order chi connectivity index (χ1) is 12.9. The van der Waals surface area contributed by atoms with Crippen molar-refractivity contribution in [1.29, 1.82) is 0 Å². The number of ether oxygens (including phenoxy) is 3. The summed E-state index contributed by atoms with van der Waals surface area (Å²) in [6.07, 6.45) is 1.61. The number of methoxy groups -OCH3 is 1. The van der Waals surface area contributed by atoms with Gasteiger partial charge in [0.15, 0.2) is 16.7 Å². The van der Waals surface area contributed by atoms with E-state index in [1.807, 2.05) is 0 Å². The van der Waals surface area contributed by atoms with Gasteiger partial charge in [-0.1, -0.05) is 11.8 Å². The van der Waals surface area contributed by atoms with Gasteiger partial charge in [0.05, 0.1) is 23.8 Å². The highest BCUT2D eigenvalue weighted by atomic mass is 32.2. The van der Waals surface area contributed by atoms with Gasteiger partial charge in [0, 0.05) is 30.1 Å². The maximum atomic E-state index is 12.5. The van der Waals surface area contributed by atoms with Crippen LogP contribution in [0, 0.1) is 0 Å². The largest absolute Gasteiger partial charge is 0.497 e. The van der Waals surface area contributed by atoms with E-state index in [0.717, 1.165) is 17.8 Å². The molecular formula is C16H13F4N3O3S. The van der Waals surface area contributed by atoms with Gasteiger partial charge in [0.1, 0.15) is 5.75 Å². The first-order valence-electron chi connectivity index (χ1n) is 7.49. The summed E-state index contributed by atoms with van der Waals surface area (Å²) in [5.74, 6) is 0.0909. The Hall–Kier alpha value is -2.69. The minimum Gasteiger partial charge on any atom is -0.497 e. The lowest BCUT2D eigenvalue weighted by Crippen LogP contribution is -2.07. The number of fused-ring (bicyclic) bond motifs is 1. The highest BCUT2D eigenvalue weighted by Gasteiger charge is 2.18. The Morgan fingerprint density at radius 1 is 1.07 bits per heavy atom. The Kier molecular flexibility index (Phi) is 5.89. The summed E-state index contributed by atoms with van der Waals surface area (Å²) in [7, 11) is 1.55. The van der Waals surface area contributed by atoms with E-state index in [9.17, 15) is 17.6 Å². The number of nitrogens with one attached hydrogen (secondary N) is 1. The Labute approximate surface area is 154 Å². The molecule has 0 aliphatic carbocycles. The van der Waals surface area contributed by atoms with Crippen molar-refractivity contribution in [2.45, 2.75) is 24.1 Å². The lowest BCUT2D eigenvalue weighted by molar-refractivity contribution is -0.0690. The maximum Gasteiger partial charge on any atom is 0.387 e. The van der Waals surface area contributed by atoms with Gasteiger partial charge in [-0.25, -0.2) is 4.98 Å². The summed E-state index contributed by atoms with van der Waals surface area (Å²) >= 11 is 1.30. The van der Waals surface area contributed by atoms with Gasteiger partial charge in [0.2, 0.25) is 0 Å². The molecule has 1 N–H and O–H groups in total. The quantitative estimate of drug-likeness (QED) is 0.442. The van der Waals surface area contributed by atoms with Crippen LogP contribution in [-0.4, -0.2) is 35.3 Å². The van der Waals surface area contributed by atoms with Crippen molar-refractivity contribution >= 4 is 22.8 Å². The number of imidazole rings is 1. The molecule has 0 bridgehead atoms. The van der Waals surface area contributed by atoms with E-state index in [0.29, 0.717) is 22.2 Å². The van der Waals surface area contributed by atoms with Crippen LogP contribution in [0.2, 0.25) is 0 Å². The van der Waals surface area contributed by atoms with Gasteiger partial charge in [0.25, 0.3) is 0 Å². The highest BCUT2D eigenvalue weighted by Crippen LogP contribution is 2.35. The second-order valence-electron chi connectivity index (χ2n) is 5.09. The molecule has 1 aromatic carbocycles. The van der Waals surface area contributed by atoms with Crippen molar-refractivity contribution in [1.82, 2.24) is 15.0 Å². The van der Waals surface area contributed by atoms with Crippen LogP contribution in [0.4, 0.5) is 17.6 Å². The van der Waals surface area contributed by atoms with Crippen LogP contribution >= 0.6 is 11.8 Å². The zero-order chi connectivity index (χ0) is 19.4. The molecular weight excluding hydrogens is 390 g/mol. The zero-order valence-electron chi connectivity index (χ0n) is 13.8. The Bertz CT molecular complexity index is 876. The number of hydrogen-bond donors (Lipinski definition) is 1. The minimum atomic E-state index is -3.19. The van der Waals surface area contributed by atoms with Gasteiger partial charge < -0.3 is 19.2 Å². The summed E-state index contributed by atoms with van der Waals surface area (Å²) in [5, 5.41) is 0.451. The van der Waals surface area contributed by atoms with E-state index in [2.05, 4.69) is 24.4 Å². The molecule has 6 nitrogen and oxygen atoms in total. The smallest absolute Gasteiger partial charge is 0.387 e. The molecule has 0 aliphatic heterocycles. The summed E-state index contributed by atoms with van der Waals surface area (Å²) < 4.78 is 63.6. The molecule has 0 saturated heterocycles. The summed E-state index contributed by atoms with van der Waals surface area (Å²) in [5.41, 5.74) is 1.35. The predicted molar refractivity (Wildman–Crippen MR) is 89.7 cm³/mol. The first-order valence-corrected chi connectivity index (χ1v) is 8.48. The molecule has 0 atom stereocenters. The molecule has 3 rings (SSSR count). The molecule has 0 spiro atoms. The molecule has 0 amide bonds. The van der Waals surface area contributed by atoms with Crippen molar-refractivity contribution in [3.05, 3.63) is 36.2 Å². The topological polar surface area (TPSA) is 69.3 Å². The molecule has 27 heavy (non-hydrogen) atoms. The monoisotopic (exact) mass is 403 g/mol. The summed E-state index contributed by atoms with van der Waals surface area (Å²) in [6.45, 7) is -6.37. The number of rotatable bonds is 8. The Balaban J connectivity index is 1.82. The van der Waals surface area contributed by atoms with Crippen molar-refractivity contribution in [3.8, 4) is 17.2 Å². The number of pyridine rings is 1. The fraction of sp³-hybridized carbons (Fsp3) is 0.250. The van der Waals surface area contributed by atoms with E-state index >= 15 is 0 Å². The number of nitrogens with zero attached hydrogens (tertiary/aromatic N) is 2. The standard InChI is InChI=1S/C16H13F4N3O3S/c1-24-9-2-3-21-8(4-9)7-27-16-22-10-5-12(25-14(17)18)13(26-15(19)20)6-11(10)23-16/h2-6,14-15H,7H2,1H3,(H,22,23). The first kappa shape index (κ1) is 19.1. The van der Waals surface area contributed by atoms with Crippen LogP contribution < -0.4 is 14.2 Å². The van der Waals surface area contributed by atoms with E-state index in [1.165, 1.54) is 11.8 Å². The van der Waals surface area contributed by atoms with Crippen LogP contribution in [0.5, 0.6) is 17.2 Å². The Morgan fingerprint density at radius 3 is 2.44 bits per heavy atom. The van der Waals surface area contributed by atoms with Gasteiger partial charge in [-0.15, -0.1) is 0 Å². The highest BCUT2D eigenvalue weighted by molar-refractivity contribution is 7.98. The van der Waals surface area contributed by atoms with Gasteiger partial charge in [-0.05, 0) is 6.07 Å². The van der Waals surface area contributed by atoms with Crippen LogP contribution in [0.25, 0.3) is 11.0 Å². The van der Waals surface area contributed by atoms with Crippen molar-refractivity contribution in [3.63, 3.8) is 0 Å².